The zero-order chi connectivity index (χ0) is 14.6. The Labute approximate surface area is 115 Å². The summed E-state index contributed by atoms with van der Waals surface area (Å²) in [4.78, 5) is 14.1. The van der Waals surface area contributed by atoms with E-state index in [1.54, 1.807) is 23.1 Å². The molecule has 3 N–H and O–H groups in total. The number of rotatable bonds is 5. The Morgan fingerprint density at radius 2 is 2.05 bits per heavy atom. The van der Waals surface area contributed by atoms with Gasteiger partial charge in [-0.05, 0) is 31.4 Å². The molecule has 1 rings (SSSR count). The molecular formula is C15H24N2O2. The smallest absolute Gasteiger partial charge is 0.244 e. The minimum atomic E-state index is -0.508. The minimum Gasteiger partial charge on any atom is -0.508 e. The highest BCUT2D eigenvalue weighted by Gasteiger charge is 2.26. The Kier molecular flexibility index (Phi) is 5.36. The Balaban J connectivity index is 3.06. The average Bonchev–Trinajstić information content (AvgIpc) is 2.41. The molecule has 0 aromatic heterocycles. The number of hydrogen-bond acceptors (Lipinski definition) is 3. The number of likely N-dealkylation sites (N-methyl/N-ethyl adjacent to an activating group) is 1. The number of carbonyl (C=O) groups excluding carboxylic acids is 1. The summed E-state index contributed by atoms with van der Waals surface area (Å²) in [6, 6.07) is 4.52. The Morgan fingerprint density at radius 3 is 2.58 bits per heavy atom. The van der Waals surface area contributed by atoms with E-state index in [-0.39, 0.29) is 17.6 Å². The van der Waals surface area contributed by atoms with Crippen LogP contribution in [0.3, 0.4) is 0 Å². The lowest BCUT2D eigenvalue weighted by Crippen LogP contribution is -2.47. The maximum Gasteiger partial charge on any atom is 0.244 e. The van der Waals surface area contributed by atoms with Crippen LogP contribution in [-0.4, -0.2) is 23.6 Å². The monoisotopic (exact) mass is 264 g/mol. The summed E-state index contributed by atoms with van der Waals surface area (Å²) in [7, 11) is 0. The van der Waals surface area contributed by atoms with Crippen LogP contribution in [0.15, 0.2) is 18.2 Å². The maximum atomic E-state index is 12.5. The molecule has 1 aromatic rings. The number of phenolic OH excluding ortho intramolecular Hbond substituents is 1. The van der Waals surface area contributed by atoms with Crippen molar-refractivity contribution in [2.75, 3.05) is 11.4 Å². The summed E-state index contributed by atoms with van der Waals surface area (Å²) in [5, 5.41) is 9.59. The number of amides is 1. The second-order valence-corrected chi connectivity index (χ2v) is 4.96. The number of nitrogens with zero attached hydrogens (tertiary/aromatic N) is 1. The van der Waals surface area contributed by atoms with Crippen LogP contribution in [0.1, 0.15) is 32.8 Å². The zero-order valence-electron chi connectivity index (χ0n) is 12.2. The lowest BCUT2D eigenvalue weighted by molar-refractivity contribution is -0.120. The van der Waals surface area contributed by atoms with Crippen molar-refractivity contribution in [3.8, 4) is 5.75 Å². The van der Waals surface area contributed by atoms with E-state index in [9.17, 15) is 9.90 Å². The highest BCUT2D eigenvalue weighted by molar-refractivity contribution is 5.98. The van der Waals surface area contributed by atoms with E-state index >= 15 is 0 Å². The molecule has 0 aliphatic rings. The maximum absolute atomic E-state index is 12.5. The molecule has 0 spiro atoms. The quantitative estimate of drug-likeness (QED) is 0.858. The number of carbonyl (C=O) groups is 1. The van der Waals surface area contributed by atoms with Gasteiger partial charge in [0.2, 0.25) is 5.91 Å². The van der Waals surface area contributed by atoms with Crippen LogP contribution in [0.25, 0.3) is 0 Å². The van der Waals surface area contributed by atoms with Gasteiger partial charge in [0.05, 0.1) is 11.7 Å². The predicted molar refractivity (Wildman–Crippen MR) is 78.3 cm³/mol. The molecule has 19 heavy (non-hydrogen) atoms. The number of aryl methyl sites for hydroxylation is 1. The molecule has 0 aliphatic heterocycles. The fourth-order valence-corrected chi connectivity index (χ4v) is 2.01. The molecule has 0 aliphatic carbocycles. The van der Waals surface area contributed by atoms with Crippen LogP contribution in [-0.2, 0) is 4.79 Å². The van der Waals surface area contributed by atoms with Crippen molar-refractivity contribution in [3.05, 3.63) is 23.8 Å². The first kappa shape index (κ1) is 15.5. The van der Waals surface area contributed by atoms with E-state index in [0.29, 0.717) is 6.54 Å². The van der Waals surface area contributed by atoms with Gasteiger partial charge in [0.25, 0.3) is 0 Å². The minimum absolute atomic E-state index is 0.0921. The van der Waals surface area contributed by atoms with Crippen LogP contribution >= 0.6 is 0 Å². The Bertz CT molecular complexity index is 446. The van der Waals surface area contributed by atoms with Crippen molar-refractivity contribution in [2.24, 2.45) is 11.7 Å². The summed E-state index contributed by atoms with van der Waals surface area (Å²) in [6.07, 6.45) is 0.865. The average molecular weight is 264 g/mol. The normalized spacial score (nSPS) is 13.9. The van der Waals surface area contributed by atoms with E-state index in [1.165, 1.54) is 0 Å². The highest BCUT2D eigenvalue weighted by atomic mass is 16.3. The summed E-state index contributed by atoms with van der Waals surface area (Å²) < 4.78 is 0. The molecule has 0 heterocycles. The summed E-state index contributed by atoms with van der Waals surface area (Å²) in [5.41, 5.74) is 7.70. The fraction of sp³-hybridized carbons (Fsp3) is 0.533. The number of nitrogens with two attached hydrogens (primary N) is 1. The van der Waals surface area contributed by atoms with Gasteiger partial charge >= 0.3 is 0 Å². The van der Waals surface area contributed by atoms with Crippen molar-refractivity contribution in [1.29, 1.82) is 0 Å². The lowest BCUT2D eigenvalue weighted by atomic mass is 9.98. The van der Waals surface area contributed by atoms with Crippen LogP contribution in [0, 0.1) is 12.8 Å². The number of phenols is 1. The second-order valence-electron chi connectivity index (χ2n) is 4.96. The van der Waals surface area contributed by atoms with Gasteiger partial charge in [-0.15, -0.1) is 0 Å². The topological polar surface area (TPSA) is 66.6 Å². The summed E-state index contributed by atoms with van der Waals surface area (Å²) in [6.45, 7) is 8.36. The first-order valence-corrected chi connectivity index (χ1v) is 6.78. The molecule has 0 fully saturated rings. The third-order valence-electron chi connectivity index (χ3n) is 3.61. The van der Waals surface area contributed by atoms with Gasteiger partial charge in [-0.3, -0.25) is 4.79 Å². The molecule has 4 nitrogen and oxygen atoms in total. The van der Waals surface area contributed by atoms with Crippen LogP contribution in [0.2, 0.25) is 0 Å². The van der Waals surface area contributed by atoms with Gasteiger partial charge in [0.1, 0.15) is 5.75 Å². The van der Waals surface area contributed by atoms with E-state index in [0.717, 1.165) is 17.7 Å². The molecule has 2 atom stereocenters. The van der Waals surface area contributed by atoms with E-state index in [1.807, 2.05) is 27.7 Å². The molecule has 1 amide bonds. The largest absolute Gasteiger partial charge is 0.508 e. The summed E-state index contributed by atoms with van der Waals surface area (Å²) in [5.74, 6) is 0.202. The van der Waals surface area contributed by atoms with Crippen molar-refractivity contribution in [2.45, 2.75) is 40.2 Å². The van der Waals surface area contributed by atoms with Crippen molar-refractivity contribution in [3.63, 3.8) is 0 Å². The highest BCUT2D eigenvalue weighted by Crippen LogP contribution is 2.26. The molecule has 4 heteroatoms. The van der Waals surface area contributed by atoms with Crippen LogP contribution in [0.5, 0.6) is 5.75 Å². The second kappa shape index (κ2) is 6.57. The van der Waals surface area contributed by atoms with Gasteiger partial charge in [-0.1, -0.05) is 26.3 Å². The first-order chi connectivity index (χ1) is 8.92. The molecule has 106 valence electrons. The van der Waals surface area contributed by atoms with E-state index in [4.69, 9.17) is 5.73 Å². The Morgan fingerprint density at radius 1 is 1.42 bits per heavy atom. The third kappa shape index (κ3) is 3.47. The number of aromatic hydroxyl groups is 1. The zero-order valence-corrected chi connectivity index (χ0v) is 12.2. The molecule has 0 saturated carbocycles. The summed E-state index contributed by atoms with van der Waals surface area (Å²) >= 11 is 0. The first-order valence-electron chi connectivity index (χ1n) is 6.78. The Hall–Kier alpha value is -1.55. The van der Waals surface area contributed by atoms with Gasteiger partial charge in [-0.2, -0.15) is 0 Å². The van der Waals surface area contributed by atoms with Crippen LogP contribution < -0.4 is 10.6 Å². The van der Waals surface area contributed by atoms with Crippen molar-refractivity contribution in [1.82, 2.24) is 0 Å². The third-order valence-corrected chi connectivity index (χ3v) is 3.61. The van der Waals surface area contributed by atoms with Crippen molar-refractivity contribution >= 4 is 11.6 Å². The predicted octanol–water partition coefficient (Wildman–Crippen LogP) is 2.43. The van der Waals surface area contributed by atoms with Crippen molar-refractivity contribution < 1.29 is 9.90 Å². The van der Waals surface area contributed by atoms with E-state index in [2.05, 4.69) is 0 Å². The van der Waals surface area contributed by atoms with E-state index < -0.39 is 6.04 Å². The molecule has 0 radical (unpaired) electrons. The van der Waals surface area contributed by atoms with Crippen LogP contribution in [0.4, 0.5) is 5.69 Å². The molecule has 1 aromatic carbocycles. The molecule has 0 bridgehead atoms. The molecule has 0 saturated heterocycles. The van der Waals surface area contributed by atoms with Gasteiger partial charge in [0.15, 0.2) is 0 Å². The molecular weight excluding hydrogens is 240 g/mol. The standard InChI is InChI=1S/C15H24N2O2/c1-5-10(3)14(16)15(19)17(6-2)13-9-12(18)8-7-11(13)4/h7-10,14,18H,5-6,16H2,1-4H3/t10?,14-/m0/s1. The SMILES string of the molecule is CCC(C)[C@H](N)C(=O)N(CC)c1cc(O)ccc1C. The van der Waals surface area contributed by atoms with Gasteiger partial charge in [0, 0.05) is 12.6 Å². The number of hydrogen-bond donors (Lipinski definition) is 2. The van der Waals surface area contributed by atoms with Gasteiger partial charge < -0.3 is 15.7 Å². The number of anilines is 1. The van der Waals surface area contributed by atoms with Gasteiger partial charge in [-0.25, -0.2) is 0 Å². The lowest BCUT2D eigenvalue weighted by Gasteiger charge is -2.28. The molecule has 1 unspecified atom stereocenters. The number of benzene rings is 1. The fourth-order valence-electron chi connectivity index (χ4n) is 2.01.